The summed E-state index contributed by atoms with van der Waals surface area (Å²) in [5.74, 6) is -0.109. The maximum atomic E-state index is 12.2. The van der Waals surface area contributed by atoms with Gasteiger partial charge in [0.25, 0.3) is 0 Å². The van der Waals surface area contributed by atoms with Crippen molar-refractivity contribution in [2.75, 3.05) is 18.4 Å². The Morgan fingerprint density at radius 3 is 2.63 bits per heavy atom. The number of amides is 2. The fourth-order valence-corrected chi connectivity index (χ4v) is 2.34. The number of nitrogens with two attached hydrogens (primary N) is 1. The van der Waals surface area contributed by atoms with E-state index in [2.05, 4.69) is 17.6 Å². The SMILES string of the molecule is Cc1cc(C(N)=O)ccc1NC(=O)[C@@H]1CNC[C@H]1C. The van der Waals surface area contributed by atoms with E-state index in [1.54, 1.807) is 18.2 Å². The first-order valence-electron chi connectivity index (χ1n) is 6.41. The molecule has 2 atom stereocenters. The molecule has 1 aromatic rings. The molecular formula is C14H19N3O2. The molecule has 1 aliphatic rings. The molecule has 1 fully saturated rings. The summed E-state index contributed by atoms with van der Waals surface area (Å²) in [6, 6.07) is 5.04. The molecule has 19 heavy (non-hydrogen) atoms. The zero-order chi connectivity index (χ0) is 14.0. The van der Waals surface area contributed by atoms with Crippen LogP contribution < -0.4 is 16.4 Å². The molecule has 5 heteroatoms. The number of carbonyl (C=O) groups is 2. The van der Waals surface area contributed by atoms with Gasteiger partial charge in [-0.1, -0.05) is 6.92 Å². The topological polar surface area (TPSA) is 84.2 Å². The van der Waals surface area contributed by atoms with Crippen LogP contribution in [0.4, 0.5) is 5.69 Å². The van der Waals surface area contributed by atoms with Gasteiger partial charge in [0.05, 0.1) is 5.92 Å². The fraction of sp³-hybridized carbons (Fsp3) is 0.429. The zero-order valence-corrected chi connectivity index (χ0v) is 11.2. The molecule has 0 unspecified atom stereocenters. The summed E-state index contributed by atoms with van der Waals surface area (Å²) in [7, 11) is 0. The highest BCUT2D eigenvalue weighted by molar-refractivity contribution is 5.96. The molecule has 0 spiro atoms. The predicted octanol–water partition coefficient (Wildman–Crippen LogP) is 0.888. The van der Waals surface area contributed by atoms with E-state index >= 15 is 0 Å². The van der Waals surface area contributed by atoms with Crippen molar-refractivity contribution in [3.05, 3.63) is 29.3 Å². The number of benzene rings is 1. The van der Waals surface area contributed by atoms with Gasteiger partial charge in [0.15, 0.2) is 0 Å². The second-order valence-electron chi connectivity index (χ2n) is 5.13. The smallest absolute Gasteiger partial charge is 0.248 e. The molecule has 0 aromatic heterocycles. The van der Waals surface area contributed by atoms with E-state index in [1.165, 1.54) is 0 Å². The van der Waals surface area contributed by atoms with Gasteiger partial charge in [-0.05, 0) is 43.1 Å². The predicted molar refractivity (Wildman–Crippen MR) is 73.9 cm³/mol. The minimum atomic E-state index is -0.463. The number of rotatable bonds is 3. The molecule has 0 bridgehead atoms. The van der Waals surface area contributed by atoms with Crippen molar-refractivity contribution in [2.45, 2.75) is 13.8 Å². The molecule has 102 valence electrons. The van der Waals surface area contributed by atoms with Crippen molar-refractivity contribution >= 4 is 17.5 Å². The molecule has 1 aliphatic heterocycles. The fourth-order valence-electron chi connectivity index (χ4n) is 2.34. The molecule has 0 saturated carbocycles. The first-order valence-corrected chi connectivity index (χ1v) is 6.41. The number of carbonyl (C=O) groups excluding carboxylic acids is 2. The standard InChI is InChI=1S/C14H19N3O2/c1-8-5-10(13(15)18)3-4-12(8)17-14(19)11-7-16-6-9(11)2/h3-5,9,11,16H,6-7H2,1-2H3,(H2,15,18)(H,17,19)/t9-,11-/m1/s1. The van der Waals surface area contributed by atoms with Crippen molar-refractivity contribution in [3.63, 3.8) is 0 Å². The lowest BCUT2D eigenvalue weighted by atomic mass is 9.97. The van der Waals surface area contributed by atoms with Crippen LogP contribution in [-0.2, 0) is 4.79 Å². The normalized spacial score (nSPS) is 22.2. The van der Waals surface area contributed by atoms with Gasteiger partial charge in [0.1, 0.15) is 0 Å². The van der Waals surface area contributed by atoms with Crippen LogP contribution in [0.1, 0.15) is 22.8 Å². The lowest BCUT2D eigenvalue weighted by Crippen LogP contribution is -2.28. The van der Waals surface area contributed by atoms with Crippen LogP contribution in [0.15, 0.2) is 18.2 Å². The number of aryl methyl sites for hydroxylation is 1. The molecular weight excluding hydrogens is 242 g/mol. The highest BCUT2D eigenvalue weighted by atomic mass is 16.2. The first-order chi connectivity index (χ1) is 8.99. The van der Waals surface area contributed by atoms with Gasteiger partial charge >= 0.3 is 0 Å². The molecule has 2 amide bonds. The van der Waals surface area contributed by atoms with Gasteiger partial charge in [-0.2, -0.15) is 0 Å². The quantitative estimate of drug-likeness (QED) is 0.755. The van der Waals surface area contributed by atoms with Crippen molar-refractivity contribution in [1.29, 1.82) is 0 Å². The Morgan fingerprint density at radius 2 is 2.11 bits per heavy atom. The highest BCUT2D eigenvalue weighted by Gasteiger charge is 2.29. The third kappa shape index (κ3) is 2.93. The average Bonchev–Trinajstić information content (AvgIpc) is 2.77. The molecule has 0 radical (unpaired) electrons. The van der Waals surface area contributed by atoms with Gasteiger partial charge in [0, 0.05) is 17.8 Å². The third-order valence-electron chi connectivity index (χ3n) is 3.62. The van der Waals surface area contributed by atoms with E-state index < -0.39 is 5.91 Å². The summed E-state index contributed by atoms with van der Waals surface area (Å²) >= 11 is 0. The molecule has 1 heterocycles. The molecule has 4 N–H and O–H groups in total. The average molecular weight is 261 g/mol. The summed E-state index contributed by atoms with van der Waals surface area (Å²) in [5, 5.41) is 6.12. The minimum absolute atomic E-state index is 0.00443. The Hall–Kier alpha value is -1.88. The lowest BCUT2D eigenvalue weighted by molar-refractivity contribution is -0.120. The summed E-state index contributed by atoms with van der Waals surface area (Å²) < 4.78 is 0. The number of nitrogens with one attached hydrogen (secondary N) is 2. The summed E-state index contributed by atoms with van der Waals surface area (Å²) in [5.41, 5.74) is 7.23. The van der Waals surface area contributed by atoms with Crippen LogP contribution in [0.5, 0.6) is 0 Å². The number of primary amides is 1. The van der Waals surface area contributed by atoms with Crippen molar-refractivity contribution in [1.82, 2.24) is 5.32 Å². The number of hydrogen-bond donors (Lipinski definition) is 3. The van der Waals surface area contributed by atoms with Crippen LogP contribution in [0.2, 0.25) is 0 Å². The van der Waals surface area contributed by atoms with Gasteiger partial charge in [0.2, 0.25) is 11.8 Å². The van der Waals surface area contributed by atoms with Crippen LogP contribution in [0, 0.1) is 18.8 Å². The van der Waals surface area contributed by atoms with Crippen LogP contribution in [0.3, 0.4) is 0 Å². The van der Waals surface area contributed by atoms with E-state index in [0.29, 0.717) is 18.0 Å². The van der Waals surface area contributed by atoms with Gasteiger partial charge in [-0.3, -0.25) is 9.59 Å². The van der Waals surface area contributed by atoms with E-state index in [4.69, 9.17) is 5.73 Å². The molecule has 5 nitrogen and oxygen atoms in total. The Morgan fingerprint density at radius 1 is 1.37 bits per heavy atom. The van der Waals surface area contributed by atoms with Gasteiger partial charge < -0.3 is 16.4 Å². The Balaban J connectivity index is 2.11. The maximum Gasteiger partial charge on any atom is 0.248 e. The molecule has 2 rings (SSSR count). The number of anilines is 1. The molecule has 0 aliphatic carbocycles. The first kappa shape index (κ1) is 13.5. The largest absolute Gasteiger partial charge is 0.366 e. The second kappa shape index (κ2) is 5.40. The summed E-state index contributed by atoms with van der Waals surface area (Å²) in [4.78, 5) is 23.2. The molecule has 1 aromatic carbocycles. The third-order valence-corrected chi connectivity index (χ3v) is 3.62. The van der Waals surface area contributed by atoms with E-state index in [1.807, 2.05) is 6.92 Å². The van der Waals surface area contributed by atoms with Gasteiger partial charge in [-0.25, -0.2) is 0 Å². The second-order valence-corrected chi connectivity index (χ2v) is 5.13. The highest BCUT2D eigenvalue weighted by Crippen LogP contribution is 2.21. The zero-order valence-electron chi connectivity index (χ0n) is 11.2. The van der Waals surface area contributed by atoms with Crippen LogP contribution >= 0.6 is 0 Å². The van der Waals surface area contributed by atoms with Crippen molar-refractivity contribution < 1.29 is 9.59 Å². The Bertz CT molecular complexity index is 513. The van der Waals surface area contributed by atoms with Crippen LogP contribution in [-0.4, -0.2) is 24.9 Å². The van der Waals surface area contributed by atoms with E-state index in [-0.39, 0.29) is 11.8 Å². The summed E-state index contributed by atoms with van der Waals surface area (Å²) in [6.07, 6.45) is 0. The molecule has 1 saturated heterocycles. The van der Waals surface area contributed by atoms with E-state index in [0.717, 1.165) is 17.8 Å². The Kier molecular flexibility index (Phi) is 3.85. The Labute approximate surface area is 112 Å². The maximum absolute atomic E-state index is 12.2. The summed E-state index contributed by atoms with van der Waals surface area (Å²) in [6.45, 7) is 5.49. The number of hydrogen-bond acceptors (Lipinski definition) is 3. The van der Waals surface area contributed by atoms with Crippen molar-refractivity contribution in [2.24, 2.45) is 17.6 Å². The minimum Gasteiger partial charge on any atom is -0.366 e. The van der Waals surface area contributed by atoms with Crippen molar-refractivity contribution in [3.8, 4) is 0 Å². The van der Waals surface area contributed by atoms with Gasteiger partial charge in [-0.15, -0.1) is 0 Å². The van der Waals surface area contributed by atoms with Crippen LogP contribution in [0.25, 0.3) is 0 Å². The lowest BCUT2D eigenvalue weighted by Gasteiger charge is -2.15. The van der Waals surface area contributed by atoms with E-state index in [9.17, 15) is 9.59 Å². The monoisotopic (exact) mass is 261 g/mol.